The van der Waals surface area contributed by atoms with Gasteiger partial charge in [-0.1, -0.05) is 12.1 Å². The quantitative estimate of drug-likeness (QED) is 0.620. The fourth-order valence-electron chi connectivity index (χ4n) is 2.97. The maximum atomic E-state index is 12.8. The lowest BCUT2D eigenvalue weighted by molar-refractivity contribution is -0.384. The minimum Gasteiger partial charge on any atom is -0.477 e. The minimum atomic E-state index is -0.725. The molecular formula is C19H20N4O5. The van der Waals surface area contributed by atoms with Crippen LogP contribution in [0.2, 0.25) is 0 Å². The van der Waals surface area contributed by atoms with Crippen molar-refractivity contribution in [3.8, 4) is 5.75 Å². The van der Waals surface area contributed by atoms with E-state index < -0.39 is 11.0 Å². The molecule has 2 amide bonds. The van der Waals surface area contributed by atoms with Gasteiger partial charge in [0, 0.05) is 31.9 Å². The Morgan fingerprint density at radius 3 is 2.57 bits per heavy atom. The summed E-state index contributed by atoms with van der Waals surface area (Å²) in [5.74, 6) is 0.0463. The number of non-ortho nitro benzene ring substituents is 1. The van der Waals surface area contributed by atoms with Gasteiger partial charge in [0.1, 0.15) is 5.75 Å². The van der Waals surface area contributed by atoms with Gasteiger partial charge in [0.15, 0.2) is 6.10 Å². The van der Waals surface area contributed by atoms with Crippen molar-refractivity contribution in [1.29, 1.82) is 0 Å². The normalized spacial score (nSPS) is 15.2. The topological polar surface area (TPSA) is 105 Å². The zero-order valence-corrected chi connectivity index (χ0v) is 15.5. The maximum absolute atomic E-state index is 12.8. The molecule has 9 nitrogen and oxygen atoms in total. The molecule has 0 aromatic heterocycles. The second-order valence-corrected chi connectivity index (χ2v) is 6.30. The number of rotatable bonds is 5. The van der Waals surface area contributed by atoms with Gasteiger partial charge in [-0.05, 0) is 24.3 Å². The largest absolute Gasteiger partial charge is 0.477 e. The fraction of sp³-hybridized carbons (Fsp3) is 0.263. The third-order valence-electron chi connectivity index (χ3n) is 4.55. The number of carbonyl (C=O) groups is 2. The first-order valence-corrected chi connectivity index (χ1v) is 8.64. The van der Waals surface area contributed by atoms with Crippen LogP contribution in [0.5, 0.6) is 5.75 Å². The Morgan fingerprint density at radius 2 is 1.93 bits per heavy atom. The molecule has 1 N–H and O–H groups in total. The molecule has 0 spiro atoms. The highest BCUT2D eigenvalue weighted by Gasteiger charge is 2.31. The van der Waals surface area contributed by atoms with E-state index in [0.29, 0.717) is 11.4 Å². The van der Waals surface area contributed by atoms with Gasteiger partial charge < -0.3 is 19.9 Å². The first-order chi connectivity index (χ1) is 13.4. The Labute approximate surface area is 161 Å². The predicted molar refractivity (Wildman–Crippen MR) is 104 cm³/mol. The zero-order valence-electron chi connectivity index (χ0n) is 15.5. The average Bonchev–Trinajstić information content (AvgIpc) is 2.72. The Hall–Kier alpha value is -3.62. The van der Waals surface area contributed by atoms with Crippen molar-refractivity contribution in [2.45, 2.75) is 6.10 Å². The molecule has 0 unspecified atom stereocenters. The van der Waals surface area contributed by atoms with Crippen molar-refractivity contribution in [3.63, 3.8) is 0 Å². The van der Waals surface area contributed by atoms with Gasteiger partial charge in [0.2, 0.25) is 5.91 Å². The van der Waals surface area contributed by atoms with E-state index in [1.807, 2.05) is 12.1 Å². The van der Waals surface area contributed by atoms with Gasteiger partial charge in [-0.15, -0.1) is 0 Å². The highest BCUT2D eigenvalue weighted by molar-refractivity contribution is 5.96. The van der Waals surface area contributed by atoms with E-state index in [0.717, 1.165) is 5.69 Å². The molecule has 3 rings (SSSR count). The van der Waals surface area contributed by atoms with E-state index in [9.17, 15) is 19.7 Å². The van der Waals surface area contributed by atoms with Gasteiger partial charge in [0.25, 0.3) is 11.6 Å². The van der Waals surface area contributed by atoms with Crippen molar-refractivity contribution in [1.82, 2.24) is 5.32 Å². The Balaban J connectivity index is 1.78. The molecule has 1 atom stereocenters. The number of likely N-dealkylation sites (N-methyl/N-ethyl adjacent to an activating group) is 2. The van der Waals surface area contributed by atoms with Crippen molar-refractivity contribution in [2.75, 3.05) is 37.0 Å². The Kier molecular flexibility index (Phi) is 5.44. The number of amides is 2. The van der Waals surface area contributed by atoms with Crippen molar-refractivity contribution < 1.29 is 19.2 Å². The minimum absolute atomic E-state index is 0.0291. The number of carbonyl (C=O) groups excluding carboxylic acids is 2. The first-order valence-electron chi connectivity index (χ1n) is 8.64. The van der Waals surface area contributed by atoms with Crippen molar-refractivity contribution in [3.05, 3.63) is 58.6 Å². The van der Waals surface area contributed by atoms with Crippen molar-refractivity contribution >= 4 is 28.9 Å². The lowest BCUT2D eigenvalue weighted by Crippen LogP contribution is -2.50. The third-order valence-corrected chi connectivity index (χ3v) is 4.55. The molecule has 0 fully saturated rings. The van der Waals surface area contributed by atoms with Crippen LogP contribution < -0.4 is 19.9 Å². The van der Waals surface area contributed by atoms with E-state index in [-0.39, 0.29) is 30.6 Å². The molecule has 0 saturated carbocycles. The molecule has 2 aromatic rings. The molecule has 146 valence electrons. The summed E-state index contributed by atoms with van der Waals surface area (Å²) >= 11 is 0. The number of anilines is 2. The number of ether oxygens (including phenoxy) is 1. The molecular weight excluding hydrogens is 364 g/mol. The van der Waals surface area contributed by atoms with Gasteiger partial charge in [-0.3, -0.25) is 19.7 Å². The van der Waals surface area contributed by atoms with Crippen LogP contribution in [0.25, 0.3) is 0 Å². The monoisotopic (exact) mass is 384 g/mol. The van der Waals surface area contributed by atoms with E-state index >= 15 is 0 Å². The lowest BCUT2D eigenvalue weighted by Gasteiger charge is -2.35. The summed E-state index contributed by atoms with van der Waals surface area (Å²) in [5, 5.41) is 13.3. The molecule has 28 heavy (non-hydrogen) atoms. The standard InChI is InChI=1S/C19H20N4O5/c1-20-19(25)17-11-22(15-5-3-4-6-16(15)28-17)12-18(24)21(2)13-7-9-14(10-8-13)23(26)27/h3-10,17H,11-12H2,1-2H3,(H,20,25)/t17-/m1/s1. The second kappa shape index (κ2) is 7.95. The van der Waals surface area contributed by atoms with Gasteiger partial charge in [0.05, 0.1) is 23.7 Å². The van der Waals surface area contributed by atoms with E-state index in [4.69, 9.17) is 4.74 Å². The lowest BCUT2D eigenvalue weighted by atomic mass is 10.1. The highest BCUT2D eigenvalue weighted by Crippen LogP contribution is 2.33. The van der Waals surface area contributed by atoms with E-state index in [2.05, 4.69) is 5.32 Å². The summed E-state index contributed by atoms with van der Waals surface area (Å²) in [4.78, 5) is 38.3. The molecule has 0 radical (unpaired) electrons. The van der Waals surface area contributed by atoms with Crippen LogP contribution in [0.15, 0.2) is 48.5 Å². The van der Waals surface area contributed by atoms with Gasteiger partial charge >= 0.3 is 0 Å². The summed E-state index contributed by atoms with van der Waals surface area (Å²) in [5.41, 5.74) is 1.23. The first kappa shape index (κ1) is 19.2. The summed E-state index contributed by atoms with van der Waals surface area (Å²) in [6.07, 6.45) is -0.725. The van der Waals surface area contributed by atoms with Crippen LogP contribution in [0, 0.1) is 10.1 Å². The number of benzene rings is 2. The number of nitro benzene ring substituents is 1. The van der Waals surface area contributed by atoms with Crippen LogP contribution in [0.1, 0.15) is 0 Å². The number of fused-ring (bicyclic) bond motifs is 1. The van der Waals surface area contributed by atoms with E-state index in [1.165, 1.54) is 36.2 Å². The number of hydrogen-bond acceptors (Lipinski definition) is 6. The number of nitrogens with one attached hydrogen (secondary N) is 1. The van der Waals surface area contributed by atoms with Crippen LogP contribution in [-0.2, 0) is 9.59 Å². The van der Waals surface area contributed by atoms with E-state index in [1.54, 1.807) is 24.1 Å². The van der Waals surface area contributed by atoms with Gasteiger partial charge in [-0.25, -0.2) is 0 Å². The maximum Gasteiger partial charge on any atom is 0.269 e. The second-order valence-electron chi connectivity index (χ2n) is 6.30. The van der Waals surface area contributed by atoms with Crippen LogP contribution >= 0.6 is 0 Å². The highest BCUT2D eigenvalue weighted by atomic mass is 16.6. The molecule has 1 aliphatic heterocycles. The van der Waals surface area contributed by atoms with Crippen molar-refractivity contribution in [2.24, 2.45) is 0 Å². The number of hydrogen-bond donors (Lipinski definition) is 1. The summed E-state index contributed by atoms with van der Waals surface area (Å²) in [6.45, 7) is 0.262. The van der Waals surface area contributed by atoms with Crippen LogP contribution in [0.3, 0.4) is 0 Å². The smallest absolute Gasteiger partial charge is 0.269 e. The number of nitrogens with zero attached hydrogens (tertiary/aromatic N) is 3. The molecule has 9 heteroatoms. The Bertz CT molecular complexity index is 899. The predicted octanol–water partition coefficient (Wildman–Crippen LogP) is 1.57. The molecule has 2 aromatic carbocycles. The number of nitro groups is 1. The molecule has 1 aliphatic rings. The number of para-hydroxylation sites is 2. The van der Waals surface area contributed by atoms with Crippen LogP contribution in [-0.4, -0.2) is 50.0 Å². The van der Waals surface area contributed by atoms with Gasteiger partial charge in [-0.2, -0.15) is 0 Å². The zero-order chi connectivity index (χ0) is 20.3. The third kappa shape index (κ3) is 3.88. The summed E-state index contributed by atoms with van der Waals surface area (Å²) in [7, 11) is 3.14. The van der Waals surface area contributed by atoms with Crippen LogP contribution in [0.4, 0.5) is 17.1 Å². The summed E-state index contributed by atoms with van der Waals surface area (Å²) in [6, 6.07) is 13.0. The summed E-state index contributed by atoms with van der Waals surface area (Å²) < 4.78 is 5.73. The molecule has 0 aliphatic carbocycles. The molecule has 0 saturated heterocycles. The molecule has 1 heterocycles. The average molecular weight is 384 g/mol. The molecule has 0 bridgehead atoms. The fourth-order valence-corrected chi connectivity index (χ4v) is 2.97. The SMILES string of the molecule is CNC(=O)[C@H]1CN(CC(=O)N(C)c2ccc([N+](=O)[O-])cc2)c2ccccc2O1. The Morgan fingerprint density at radius 1 is 1.25 bits per heavy atom.